The van der Waals surface area contributed by atoms with Crippen LogP contribution in [0.25, 0.3) is 10.9 Å². The standard InChI is InChI=1S/C23H31N7O2/c1-4-29(5-2)12-7-6-8-22(31)28-21-15-20(25-16-26-21)27-18-10-9-17-11-13-30(19(17)14-18)23(32)24-3/h9-11,13-16H,4-8,12H2,1-3H3,(H,24,32)(H2,25,26,27,28,31). The minimum atomic E-state index is -0.207. The zero-order valence-corrected chi connectivity index (χ0v) is 18.9. The number of hydrogen-bond donors (Lipinski definition) is 3. The van der Waals surface area contributed by atoms with Gasteiger partial charge in [-0.25, -0.2) is 14.8 Å². The van der Waals surface area contributed by atoms with Gasteiger partial charge in [0.05, 0.1) is 5.52 Å². The number of hydrogen-bond acceptors (Lipinski definition) is 6. The third kappa shape index (κ3) is 6.04. The molecular formula is C23H31N7O2. The summed E-state index contributed by atoms with van der Waals surface area (Å²) >= 11 is 0. The van der Waals surface area contributed by atoms with E-state index < -0.39 is 0 Å². The number of amides is 2. The van der Waals surface area contributed by atoms with E-state index in [1.165, 1.54) is 6.33 Å². The van der Waals surface area contributed by atoms with Crippen molar-refractivity contribution in [1.82, 2.24) is 24.8 Å². The molecule has 170 valence electrons. The first-order chi connectivity index (χ1) is 15.5. The number of aromatic nitrogens is 3. The summed E-state index contributed by atoms with van der Waals surface area (Å²) in [6, 6.07) is 9.08. The molecule has 2 heterocycles. The second-order valence-corrected chi connectivity index (χ2v) is 7.46. The number of nitrogens with one attached hydrogen (secondary N) is 3. The number of rotatable bonds is 10. The Bertz CT molecular complexity index is 1060. The van der Waals surface area contributed by atoms with Crippen LogP contribution in [-0.4, -0.2) is 58.1 Å². The zero-order valence-electron chi connectivity index (χ0n) is 18.9. The van der Waals surface area contributed by atoms with Crippen LogP contribution in [0, 0.1) is 0 Å². The normalized spacial score (nSPS) is 11.0. The molecule has 0 aliphatic heterocycles. The minimum absolute atomic E-state index is 0.0565. The summed E-state index contributed by atoms with van der Waals surface area (Å²) in [5.41, 5.74) is 1.55. The summed E-state index contributed by atoms with van der Waals surface area (Å²) in [6.07, 6.45) is 5.42. The molecular weight excluding hydrogens is 406 g/mol. The topological polar surface area (TPSA) is 104 Å². The maximum Gasteiger partial charge on any atom is 0.325 e. The highest BCUT2D eigenvalue weighted by Crippen LogP contribution is 2.23. The predicted octanol–water partition coefficient (Wildman–Crippen LogP) is 3.81. The van der Waals surface area contributed by atoms with Crippen LogP contribution in [-0.2, 0) is 4.79 Å². The molecule has 9 nitrogen and oxygen atoms in total. The minimum Gasteiger partial charge on any atom is -0.340 e. The summed E-state index contributed by atoms with van der Waals surface area (Å²) in [4.78, 5) is 35.0. The van der Waals surface area contributed by atoms with Crippen molar-refractivity contribution in [2.75, 3.05) is 37.3 Å². The zero-order chi connectivity index (χ0) is 22.9. The Morgan fingerprint density at radius 3 is 2.56 bits per heavy atom. The third-order valence-corrected chi connectivity index (χ3v) is 5.36. The number of carbonyl (C=O) groups excluding carboxylic acids is 2. The van der Waals surface area contributed by atoms with Crippen molar-refractivity contribution in [1.29, 1.82) is 0 Å². The highest BCUT2D eigenvalue weighted by molar-refractivity contribution is 5.93. The molecule has 3 aromatic rings. The molecule has 0 unspecified atom stereocenters. The summed E-state index contributed by atoms with van der Waals surface area (Å²) in [7, 11) is 1.60. The molecule has 3 N–H and O–H groups in total. The first-order valence-electron chi connectivity index (χ1n) is 11.0. The van der Waals surface area contributed by atoms with E-state index in [9.17, 15) is 9.59 Å². The number of fused-ring (bicyclic) bond motifs is 1. The van der Waals surface area contributed by atoms with Gasteiger partial charge in [-0.15, -0.1) is 0 Å². The van der Waals surface area contributed by atoms with Gasteiger partial charge < -0.3 is 20.9 Å². The Hall–Kier alpha value is -3.46. The molecule has 3 rings (SSSR count). The molecule has 0 bridgehead atoms. The number of carbonyl (C=O) groups is 2. The van der Waals surface area contributed by atoms with Gasteiger partial charge in [0.1, 0.15) is 18.0 Å². The van der Waals surface area contributed by atoms with Crippen LogP contribution in [0.5, 0.6) is 0 Å². The lowest BCUT2D eigenvalue weighted by molar-refractivity contribution is -0.116. The van der Waals surface area contributed by atoms with Crippen molar-refractivity contribution >= 4 is 40.2 Å². The molecule has 0 saturated carbocycles. The van der Waals surface area contributed by atoms with Gasteiger partial charge in [0.25, 0.3) is 0 Å². The Labute approximate surface area is 188 Å². The highest BCUT2D eigenvalue weighted by atomic mass is 16.2. The second-order valence-electron chi connectivity index (χ2n) is 7.46. The molecule has 2 aromatic heterocycles. The molecule has 0 spiro atoms. The fourth-order valence-electron chi connectivity index (χ4n) is 3.51. The van der Waals surface area contributed by atoms with Crippen molar-refractivity contribution < 1.29 is 9.59 Å². The third-order valence-electron chi connectivity index (χ3n) is 5.36. The predicted molar refractivity (Wildman–Crippen MR) is 127 cm³/mol. The van der Waals surface area contributed by atoms with Crippen molar-refractivity contribution in [2.24, 2.45) is 0 Å². The Morgan fingerprint density at radius 1 is 1.03 bits per heavy atom. The van der Waals surface area contributed by atoms with E-state index in [0.29, 0.717) is 18.1 Å². The highest BCUT2D eigenvalue weighted by Gasteiger charge is 2.09. The lowest BCUT2D eigenvalue weighted by Crippen LogP contribution is -2.24. The number of nitrogens with zero attached hydrogens (tertiary/aromatic N) is 4. The van der Waals surface area contributed by atoms with Crippen LogP contribution in [0.15, 0.2) is 42.9 Å². The monoisotopic (exact) mass is 437 g/mol. The molecule has 9 heteroatoms. The van der Waals surface area contributed by atoms with Crippen LogP contribution < -0.4 is 16.0 Å². The maximum absolute atomic E-state index is 12.3. The average Bonchev–Trinajstić information content (AvgIpc) is 3.22. The first-order valence-corrected chi connectivity index (χ1v) is 11.0. The van der Waals surface area contributed by atoms with Crippen LogP contribution >= 0.6 is 0 Å². The van der Waals surface area contributed by atoms with E-state index in [1.807, 2.05) is 24.3 Å². The molecule has 0 radical (unpaired) electrons. The van der Waals surface area contributed by atoms with E-state index in [2.05, 4.69) is 44.7 Å². The lowest BCUT2D eigenvalue weighted by Gasteiger charge is -2.17. The van der Waals surface area contributed by atoms with Crippen LogP contribution in [0.2, 0.25) is 0 Å². The maximum atomic E-state index is 12.3. The van der Waals surface area contributed by atoms with Crippen molar-refractivity contribution in [3.05, 3.63) is 42.9 Å². The van der Waals surface area contributed by atoms with Gasteiger partial charge in [0.15, 0.2) is 0 Å². The molecule has 0 aliphatic carbocycles. The summed E-state index contributed by atoms with van der Waals surface area (Å²) in [6.45, 7) is 7.37. The molecule has 0 saturated heterocycles. The van der Waals surface area contributed by atoms with Crippen molar-refractivity contribution in [3.63, 3.8) is 0 Å². The summed E-state index contributed by atoms with van der Waals surface area (Å²) in [5, 5.41) is 9.63. The van der Waals surface area contributed by atoms with Gasteiger partial charge in [-0.3, -0.25) is 9.36 Å². The largest absolute Gasteiger partial charge is 0.340 e. The Morgan fingerprint density at radius 2 is 1.81 bits per heavy atom. The fraction of sp³-hybridized carbons (Fsp3) is 0.391. The first kappa shape index (κ1) is 23.2. The van der Waals surface area contributed by atoms with Gasteiger partial charge in [-0.2, -0.15) is 0 Å². The molecule has 0 atom stereocenters. The van der Waals surface area contributed by atoms with Crippen LogP contribution in [0.1, 0.15) is 33.1 Å². The van der Waals surface area contributed by atoms with Crippen LogP contribution in [0.3, 0.4) is 0 Å². The Kier molecular flexibility index (Phi) is 8.15. The SMILES string of the molecule is CCN(CC)CCCCC(=O)Nc1cc(Nc2ccc3ccn(C(=O)NC)c3c2)ncn1. The van der Waals surface area contributed by atoms with Crippen molar-refractivity contribution in [3.8, 4) is 0 Å². The average molecular weight is 438 g/mol. The van der Waals surface area contributed by atoms with Gasteiger partial charge in [0.2, 0.25) is 5.91 Å². The van der Waals surface area contributed by atoms with Gasteiger partial charge in [0, 0.05) is 36.8 Å². The molecule has 32 heavy (non-hydrogen) atoms. The van der Waals surface area contributed by atoms with Gasteiger partial charge in [-0.05, 0) is 50.7 Å². The number of unbranched alkanes of at least 4 members (excludes halogenated alkanes) is 1. The lowest BCUT2D eigenvalue weighted by atomic mass is 10.2. The Balaban J connectivity index is 1.59. The summed E-state index contributed by atoms with van der Waals surface area (Å²) < 4.78 is 1.55. The van der Waals surface area contributed by atoms with E-state index >= 15 is 0 Å². The molecule has 2 amide bonds. The fourth-order valence-corrected chi connectivity index (χ4v) is 3.51. The molecule has 0 aliphatic rings. The van der Waals surface area contributed by atoms with E-state index in [1.54, 1.807) is 23.9 Å². The van der Waals surface area contributed by atoms with Gasteiger partial charge >= 0.3 is 6.03 Å². The molecule has 0 fully saturated rings. The summed E-state index contributed by atoms with van der Waals surface area (Å²) in [5.74, 6) is 0.944. The van der Waals surface area contributed by atoms with E-state index in [-0.39, 0.29) is 11.9 Å². The van der Waals surface area contributed by atoms with Gasteiger partial charge in [-0.1, -0.05) is 19.9 Å². The number of anilines is 3. The van der Waals surface area contributed by atoms with E-state index in [4.69, 9.17) is 0 Å². The number of benzene rings is 1. The second kappa shape index (κ2) is 11.2. The molecule has 1 aromatic carbocycles. The van der Waals surface area contributed by atoms with Crippen molar-refractivity contribution in [2.45, 2.75) is 33.1 Å². The smallest absolute Gasteiger partial charge is 0.325 e. The van der Waals surface area contributed by atoms with E-state index in [0.717, 1.165) is 49.1 Å². The van der Waals surface area contributed by atoms with Crippen LogP contribution in [0.4, 0.5) is 22.1 Å². The quantitative estimate of drug-likeness (QED) is 0.417.